The van der Waals surface area contributed by atoms with Gasteiger partial charge in [-0.2, -0.15) is 0 Å². The second-order valence-electron chi connectivity index (χ2n) is 5.88. The first-order valence-electron chi connectivity index (χ1n) is 7.46. The molecule has 2 aromatic rings. The van der Waals surface area contributed by atoms with Gasteiger partial charge in [-0.05, 0) is 42.7 Å². The topological polar surface area (TPSA) is 49.3 Å². The zero-order valence-corrected chi connectivity index (χ0v) is 13.4. The molecule has 0 heterocycles. The van der Waals surface area contributed by atoms with E-state index < -0.39 is 0 Å². The van der Waals surface area contributed by atoms with Crippen LogP contribution in [0.5, 0.6) is 0 Å². The van der Waals surface area contributed by atoms with Crippen molar-refractivity contribution in [3.8, 4) is 0 Å². The standard InChI is InChI=1S/C18H17ClFNO2/c1-10-5-6-11(9-22)7-16(10)21-18(23)13-8-12(13)17-14(19)3-2-4-15(17)20/h2-7,12-13,22H,8-9H2,1H3,(H,21,23). The van der Waals surface area contributed by atoms with E-state index in [4.69, 9.17) is 11.6 Å². The number of hydrogen-bond acceptors (Lipinski definition) is 2. The molecule has 0 aromatic heterocycles. The van der Waals surface area contributed by atoms with E-state index in [1.54, 1.807) is 18.2 Å². The maximum absolute atomic E-state index is 13.9. The average Bonchev–Trinajstić information content (AvgIpc) is 3.29. The van der Waals surface area contributed by atoms with Gasteiger partial charge >= 0.3 is 0 Å². The second-order valence-corrected chi connectivity index (χ2v) is 6.29. The van der Waals surface area contributed by atoms with Crippen molar-refractivity contribution in [1.29, 1.82) is 0 Å². The predicted molar refractivity (Wildman–Crippen MR) is 88.0 cm³/mol. The zero-order chi connectivity index (χ0) is 16.6. The number of benzene rings is 2. The van der Waals surface area contributed by atoms with E-state index in [9.17, 15) is 14.3 Å². The molecule has 2 N–H and O–H groups in total. The Morgan fingerprint density at radius 2 is 2.17 bits per heavy atom. The number of carbonyl (C=O) groups excluding carboxylic acids is 1. The van der Waals surface area contributed by atoms with Gasteiger partial charge in [-0.15, -0.1) is 0 Å². The van der Waals surface area contributed by atoms with E-state index in [0.29, 0.717) is 22.7 Å². The van der Waals surface area contributed by atoms with E-state index in [1.165, 1.54) is 6.07 Å². The summed E-state index contributed by atoms with van der Waals surface area (Å²) in [4.78, 5) is 12.4. The van der Waals surface area contributed by atoms with Gasteiger partial charge in [0.2, 0.25) is 5.91 Å². The van der Waals surface area contributed by atoms with Crippen LogP contribution in [0, 0.1) is 18.7 Å². The highest BCUT2D eigenvalue weighted by Crippen LogP contribution is 2.51. The summed E-state index contributed by atoms with van der Waals surface area (Å²) in [6, 6.07) is 9.97. The minimum atomic E-state index is -0.365. The fourth-order valence-electron chi connectivity index (χ4n) is 2.80. The summed E-state index contributed by atoms with van der Waals surface area (Å²) in [6.45, 7) is 1.80. The van der Waals surface area contributed by atoms with E-state index in [2.05, 4.69) is 5.32 Å². The SMILES string of the molecule is Cc1ccc(CO)cc1NC(=O)C1CC1c1c(F)cccc1Cl. The summed E-state index contributed by atoms with van der Waals surface area (Å²) in [6.07, 6.45) is 0.589. The van der Waals surface area contributed by atoms with Crippen molar-refractivity contribution in [2.24, 2.45) is 5.92 Å². The molecule has 0 radical (unpaired) electrons. The fourth-order valence-corrected chi connectivity index (χ4v) is 3.10. The number of aryl methyl sites for hydroxylation is 1. The Morgan fingerprint density at radius 1 is 1.39 bits per heavy atom. The van der Waals surface area contributed by atoms with Crippen LogP contribution in [0.3, 0.4) is 0 Å². The van der Waals surface area contributed by atoms with Crippen LogP contribution in [-0.4, -0.2) is 11.0 Å². The summed E-state index contributed by atoms with van der Waals surface area (Å²) in [5, 5.41) is 12.4. The van der Waals surface area contributed by atoms with Gasteiger partial charge in [0.1, 0.15) is 5.82 Å². The average molecular weight is 334 g/mol. The van der Waals surface area contributed by atoms with Crippen molar-refractivity contribution in [1.82, 2.24) is 0 Å². The molecule has 120 valence electrons. The molecule has 1 saturated carbocycles. The van der Waals surface area contributed by atoms with E-state index in [1.807, 2.05) is 19.1 Å². The number of nitrogens with one attached hydrogen (secondary N) is 1. The molecule has 2 atom stereocenters. The number of carbonyl (C=O) groups is 1. The Kier molecular flexibility index (Phi) is 4.37. The van der Waals surface area contributed by atoms with Crippen LogP contribution in [0.25, 0.3) is 0 Å². The second kappa shape index (κ2) is 6.30. The van der Waals surface area contributed by atoms with Crippen molar-refractivity contribution < 1.29 is 14.3 Å². The monoisotopic (exact) mass is 333 g/mol. The number of hydrogen-bond donors (Lipinski definition) is 2. The minimum Gasteiger partial charge on any atom is -0.392 e. The van der Waals surface area contributed by atoms with Crippen molar-refractivity contribution in [2.45, 2.75) is 25.9 Å². The third-order valence-electron chi connectivity index (χ3n) is 4.24. The highest BCUT2D eigenvalue weighted by molar-refractivity contribution is 6.31. The molecule has 1 fully saturated rings. The largest absolute Gasteiger partial charge is 0.392 e. The lowest BCUT2D eigenvalue weighted by Gasteiger charge is -2.10. The van der Waals surface area contributed by atoms with Gasteiger partial charge in [-0.3, -0.25) is 4.79 Å². The summed E-state index contributed by atoms with van der Waals surface area (Å²) >= 11 is 6.06. The van der Waals surface area contributed by atoms with Crippen LogP contribution in [-0.2, 0) is 11.4 Å². The minimum absolute atomic E-state index is 0.0833. The maximum Gasteiger partial charge on any atom is 0.228 e. The van der Waals surface area contributed by atoms with Gasteiger partial charge in [0.05, 0.1) is 6.61 Å². The van der Waals surface area contributed by atoms with Crippen LogP contribution < -0.4 is 5.32 Å². The number of anilines is 1. The summed E-state index contributed by atoms with van der Waals surface area (Å²) in [7, 11) is 0. The smallest absolute Gasteiger partial charge is 0.228 e. The van der Waals surface area contributed by atoms with Crippen LogP contribution in [0.15, 0.2) is 36.4 Å². The quantitative estimate of drug-likeness (QED) is 0.887. The highest BCUT2D eigenvalue weighted by Gasteiger charge is 2.46. The number of halogens is 2. The molecule has 3 rings (SSSR count). The lowest BCUT2D eigenvalue weighted by molar-refractivity contribution is -0.117. The third kappa shape index (κ3) is 3.23. The molecule has 2 unspecified atom stereocenters. The van der Waals surface area contributed by atoms with Gasteiger partial charge in [0.25, 0.3) is 0 Å². The Morgan fingerprint density at radius 3 is 2.87 bits per heavy atom. The molecule has 0 bridgehead atoms. The van der Waals surface area contributed by atoms with Crippen LogP contribution in [0.2, 0.25) is 5.02 Å². The Hall–Kier alpha value is -1.91. The molecular formula is C18H17ClFNO2. The highest BCUT2D eigenvalue weighted by atomic mass is 35.5. The number of amides is 1. The van der Waals surface area contributed by atoms with Gasteiger partial charge in [-0.25, -0.2) is 4.39 Å². The van der Waals surface area contributed by atoms with Gasteiger partial charge in [0, 0.05) is 28.1 Å². The summed E-state index contributed by atoms with van der Waals surface area (Å²) in [5.74, 6) is -0.963. The molecule has 3 nitrogen and oxygen atoms in total. The third-order valence-corrected chi connectivity index (χ3v) is 4.57. The molecule has 1 aliphatic rings. The van der Waals surface area contributed by atoms with Crippen LogP contribution >= 0.6 is 11.6 Å². The first-order chi connectivity index (χ1) is 11.0. The van der Waals surface area contributed by atoms with Crippen molar-refractivity contribution in [2.75, 3.05) is 5.32 Å². The molecule has 0 aliphatic heterocycles. The number of rotatable bonds is 4. The lowest BCUT2D eigenvalue weighted by atomic mass is 10.1. The molecule has 0 saturated heterocycles. The van der Waals surface area contributed by atoms with Gasteiger partial charge < -0.3 is 10.4 Å². The molecule has 1 amide bonds. The molecule has 2 aromatic carbocycles. The van der Waals surface area contributed by atoms with E-state index in [0.717, 1.165) is 11.1 Å². The maximum atomic E-state index is 13.9. The molecule has 5 heteroatoms. The summed E-state index contributed by atoms with van der Waals surface area (Å²) in [5.41, 5.74) is 2.74. The number of aliphatic hydroxyl groups excluding tert-OH is 1. The zero-order valence-electron chi connectivity index (χ0n) is 12.6. The lowest BCUT2D eigenvalue weighted by Crippen LogP contribution is -2.15. The van der Waals surface area contributed by atoms with Crippen LogP contribution in [0.1, 0.15) is 29.0 Å². The Balaban J connectivity index is 1.74. The van der Waals surface area contributed by atoms with Crippen molar-refractivity contribution in [3.05, 3.63) is 63.9 Å². The molecular weight excluding hydrogens is 317 g/mol. The van der Waals surface area contributed by atoms with Crippen molar-refractivity contribution in [3.63, 3.8) is 0 Å². The first-order valence-corrected chi connectivity index (χ1v) is 7.84. The number of aliphatic hydroxyl groups is 1. The van der Waals surface area contributed by atoms with Crippen molar-refractivity contribution >= 4 is 23.2 Å². The molecule has 23 heavy (non-hydrogen) atoms. The van der Waals surface area contributed by atoms with E-state index in [-0.39, 0.29) is 30.2 Å². The fraction of sp³-hybridized carbons (Fsp3) is 0.278. The van der Waals surface area contributed by atoms with Crippen LogP contribution in [0.4, 0.5) is 10.1 Å². The molecule has 0 spiro atoms. The predicted octanol–water partition coefficient (Wildman–Crippen LogP) is 4.02. The van der Waals surface area contributed by atoms with Gasteiger partial charge in [0.15, 0.2) is 0 Å². The first kappa shape index (κ1) is 16.0. The Bertz CT molecular complexity index is 742. The molecule has 1 aliphatic carbocycles. The van der Waals surface area contributed by atoms with Gasteiger partial charge in [-0.1, -0.05) is 29.8 Å². The summed E-state index contributed by atoms with van der Waals surface area (Å²) < 4.78 is 13.9. The Labute approximate surface area is 139 Å². The normalized spacial score (nSPS) is 19.5. The van der Waals surface area contributed by atoms with E-state index >= 15 is 0 Å².